The number of rotatable bonds is 7. The van der Waals surface area contributed by atoms with Gasteiger partial charge in [-0.1, -0.05) is 120 Å². The maximum atomic E-state index is 7.17. The van der Waals surface area contributed by atoms with Crippen LogP contribution in [0.2, 0.25) is 0 Å². The van der Waals surface area contributed by atoms with E-state index in [-0.39, 0.29) is 10.8 Å². The van der Waals surface area contributed by atoms with Crippen LogP contribution in [0.1, 0.15) is 69.4 Å². The molecule has 3 aromatic heterocycles. The van der Waals surface area contributed by atoms with Crippen molar-refractivity contribution in [2.45, 2.75) is 73.1 Å². The number of nitrogens with zero attached hydrogens (tertiary/aromatic N) is 5. The van der Waals surface area contributed by atoms with E-state index in [0.717, 1.165) is 72.8 Å². The van der Waals surface area contributed by atoms with Crippen LogP contribution in [0, 0.1) is 20.8 Å². The third-order valence-electron chi connectivity index (χ3n) is 13.6. The average Bonchev–Trinajstić information content (AvgIpc) is 3.96. The molecule has 4 heterocycles. The van der Waals surface area contributed by atoms with Gasteiger partial charge in [-0.15, -0.1) is 0 Å². The first-order valence-corrected chi connectivity index (χ1v) is 23.5. The first kappa shape index (κ1) is 42.1. The van der Waals surface area contributed by atoms with E-state index < -0.39 is 0 Å². The van der Waals surface area contributed by atoms with Crippen molar-refractivity contribution in [1.29, 1.82) is 0 Å². The van der Waals surface area contributed by atoms with Crippen LogP contribution < -0.4 is 14.5 Å². The number of hydrogen-bond donors (Lipinski definition) is 0. The Hall–Kier alpha value is -7.57. The standard InChI is InChI=1S/C61H57N5O/c1-39-30-40(2)57(41(3)31-39)42-32-47(64-38-63(53-24-15-16-25-54(53)64)46-21-17-18-43(34-46)60(4,5)6)36-49(33-42)67-48-26-27-51-55(37-48)66(56-35-44(28-29-62-56)61(7,8)9)59-50-22-13-14-23-52(50)65(58(51)59)45-19-11-10-12-20-45/h10-37H,38H2,1-9H3. The van der Waals surface area contributed by atoms with Gasteiger partial charge in [0.05, 0.1) is 33.4 Å². The molecule has 6 nitrogen and oxygen atoms in total. The number of aromatic nitrogens is 3. The molecule has 0 atom stereocenters. The molecule has 0 aliphatic carbocycles. The van der Waals surface area contributed by atoms with Gasteiger partial charge in [0.15, 0.2) is 0 Å². The van der Waals surface area contributed by atoms with Crippen molar-refractivity contribution in [2.75, 3.05) is 16.5 Å². The van der Waals surface area contributed by atoms with Crippen LogP contribution in [0.5, 0.6) is 11.5 Å². The smallest absolute Gasteiger partial charge is 0.137 e. The molecule has 0 bridgehead atoms. The van der Waals surface area contributed by atoms with Crippen molar-refractivity contribution in [1.82, 2.24) is 14.1 Å². The molecule has 67 heavy (non-hydrogen) atoms. The average molecular weight is 876 g/mol. The van der Waals surface area contributed by atoms with Gasteiger partial charge in [-0.25, -0.2) is 4.98 Å². The molecular weight excluding hydrogens is 819 g/mol. The van der Waals surface area contributed by atoms with Gasteiger partial charge in [0.2, 0.25) is 0 Å². The summed E-state index contributed by atoms with van der Waals surface area (Å²) in [6.07, 6.45) is 1.95. The van der Waals surface area contributed by atoms with Gasteiger partial charge in [0.25, 0.3) is 0 Å². The minimum absolute atomic E-state index is 0.0305. The van der Waals surface area contributed by atoms with Crippen molar-refractivity contribution in [3.05, 3.63) is 198 Å². The summed E-state index contributed by atoms with van der Waals surface area (Å²) in [5.41, 5.74) is 18.7. The normalized spacial score (nSPS) is 13.0. The highest BCUT2D eigenvalue weighted by Gasteiger charge is 2.30. The summed E-state index contributed by atoms with van der Waals surface area (Å²) in [5.74, 6) is 2.39. The van der Waals surface area contributed by atoms with Crippen molar-refractivity contribution >= 4 is 55.6 Å². The lowest BCUT2D eigenvalue weighted by Gasteiger charge is -2.26. The molecule has 1 aliphatic heterocycles. The molecule has 7 aromatic carbocycles. The summed E-state index contributed by atoms with van der Waals surface area (Å²) in [7, 11) is 0. The molecule has 0 saturated carbocycles. The first-order valence-electron chi connectivity index (χ1n) is 23.5. The number of aryl methyl sites for hydroxylation is 3. The molecule has 6 heteroatoms. The molecule has 0 radical (unpaired) electrons. The molecule has 1 aliphatic rings. The van der Waals surface area contributed by atoms with Crippen molar-refractivity contribution in [2.24, 2.45) is 0 Å². The number of pyridine rings is 1. The monoisotopic (exact) mass is 875 g/mol. The van der Waals surface area contributed by atoms with E-state index in [0.29, 0.717) is 6.67 Å². The van der Waals surface area contributed by atoms with Gasteiger partial charge < -0.3 is 19.1 Å². The van der Waals surface area contributed by atoms with Crippen LogP contribution in [0.3, 0.4) is 0 Å². The zero-order chi connectivity index (χ0) is 46.4. The Morgan fingerprint density at radius 3 is 1.84 bits per heavy atom. The molecule has 0 spiro atoms. The predicted molar refractivity (Wildman–Crippen MR) is 281 cm³/mol. The van der Waals surface area contributed by atoms with E-state index in [4.69, 9.17) is 9.72 Å². The maximum absolute atomic E-state index is 7.17. The lowest BCUT2D eigenvalue weighted by Crippen LogP contribution is -2.24. The lowest BCUT2D eigenvalue weighted by molar-refractivity contribution is 0.483. The number of ether oxygens (including phenoxy) is 1. The lowest BCUT2D eigenvalue weighted by atomic mass is 9.87. The van der Waals surface area contributed by atoms with Gasteiger partial charge in [0.1, 0.15) is 24.0 Å². The summed E-state index contributed by atoms with van der Waals surface area (Å²) >= 11 is 0. The van der Waals surface area contributed by atoms with Crippen LogP contribution in [-0.4, -0.2) is 20.8 Å². The SMILES string of the molecule is Cc1cc(C)c(-c2cc(Oc3ccc4c(c3)n(-c3cc(C(C)(C)C)ccn3)c3c5ccccc5n(-c5ccccc5)c43)cc(N3CN(c4cccc(C(C)(C)C)c4)c4ccccc43)c2)c(C)c1. The fourth-order valence-electron chi connectivity index (χ4n) is 10.4. The second-order valence-electron chi connectivity index (χ2n) is 20.4. The van der Waals surface area contributed by atoms with Gasteiger partial charge in [-0.3, -0.25) is 4.57 Å². The van der Waals surface area contributed by atoms with Crippen LogP contribution >= 0.6 is 0 Å². The third kappa shape index (κ3) is 7.32. The molecule has 332 valence electrons. The van der Waals surface area contributed by atoms with Gasteiger partial charge >= 0.3 is 0 Å². The highest BCUT2D eigenvalue weighted by molar-refractivity contribution is 6.20. The van der Waals surface area contributed by atoms with E-state index in [2.05, 4.69) is 245 Å². The van der Waals surface area contributed by atoms with Crippen LogP contribution in [0.4, 0.5) is 22.7 Å². The Bertz CT molecular complexity index is 3520. The summed E-state index contributed by atoms with van der Waals surface area (Å²) in [4.78, 5) is 9.95. The van der Waals surface area contributed by atoms with Gasteiger partial charge in [-0.05, 0) is 144 Å². The topological polar surface area (TPSA) is 38.5 Å². The highest BCUT2D eigenvalue weighted by atomic mass is 16.5. The quantitative estimate of drug-likeness (QED) is 0.160. The Morgan fingerprint density at radius 2 is 1.10 bits per heavy atom. The van der Waals surface area contributed by atoms with Crippen molar-refractivity contribution < 1.29 is 4.74 Å². The molecule has 0 saturated heterocycles. The molecular formula is C61H57N5O. The van der Waals surface area contributed by atoms with E-state index in [9.17, 15) is 0 Å². The molecule has 0 amide bonds. The Balaban J connectivity index is 1.10. The molecule has 0 unspecified atom stereocenters. The third-order valence-corrected chi connectivity index (χ3v) is 13.6. The van der Waals surface area contributed by atoms with E-state index >= 15 is 0 Å². The number of para-hydroxylation sites is 4. The van der Waals surface area contributed by atoms with E-state index in [1.807, 2.05) is 6.20 Å². The minimum atomic E-state index is -0.0632. The molecule has 11 rings (SSSR count). The van der Waals surface area contributed by atoms with E-state index in [1.165, 1.54) is 44.8 Å². The van der Waals surface area contributed by atoms with Crippen molar-refractivity contribution in [3.63, 3.8) is 0 Å². The predicted octanol–water partition coefficient (Wildman–Crippen LogP) is 16.3. The second kappa shape index (κ2) is 15.8. The fourth-order valence-corrected chi connectivity index (χ4v) is 10.4. The summed E-state index contributed by atoms with van der Waals surface area (Å²) in [6, 6.07) is 59.4. The first-order chi connectivity index (χ1) is 32.2. The molecule has 0 N–H and O–H groups in total. The maximum Gasteiger partial charge on any atom is 0.137 e. The summed E-state index contributed by atoms with van der Waals surface area (Å²) < 4.78 is 11.9. The van der Waals surface area contributed by atoms with Crippen molar-refractivity contribution in [3.8, 4) is 34.1 Å². The van der Waals surface area contributed by atoms with Crippen LogP contribution in [-0.2, 0) is 10.8 Å². The number of fused-ring (bicyclic) bond motifs is 6. The second-order valence-corrected chi connectivity index (χ2v) is 20.4. The van der Waals surface area contributed by atoms with Gasteiger partial charge in [0, 0.05) is 46.2 Å². The zero-order valence-electron chi connectivity index (χ0n) is 40.0. The van der Waals surface area contributed by atoms with Gasteiger partial charge in [-0.2, -0.15) is 0 Å². The van der Waals surface area contributed by atoms with Crippen LogP contribution in [0.25, 0.3) is 55.5 Å². The molecule has 0 fully saturated rings. The van der Waals surface area contributed by atoms with E-state index in [1.54, 1.807) is 0 Å². The molecule has 10 aromatic rings. The van der Waals surface area contributed by atoms with Crippen LogP contribution in [0.15, 0.2) is 170 Å². The Kier molecular flexibility index (Phi) is 9.93. The fraction of sp³-hybridized carbons (Fsp3) is 0.197. The zero-order valence-corrected chi connectivity index (χ0v) is 40.0. The number of anilines is 4. The largest absolute Gasteiger partial charge is 0.457 e. The Morgan fingerprint density at radius 1 is 0.478 bits per heavy atom. The summed E-state index contributed by atoms with van der Waals surface area (Å²) in [6.45, 7) is 20.9. The Labute approximate surface area is 394 Å². The highest BCUT2D eigenvalue weighted by Crippen LogP contribution is 2.48. The number of hydrogen-bond acceptors (Lipinski definition) is 4. The summed E-state index contributed by atoms with van der Waals surface area (Å²) in [5, 5.41) is 2.28. The number of benzene rings is 7. The minimum Gasteiger partial charge on any atom is -0.457 e.